The molecule has 0 aliphatic heterocycles. The zero-order chi connectivity index (χ0) is 23.9. The van der Waals surface area contributed by atoms with Crippen molar-refractivity contribution >= 4 is 35.1 Å². The molecule has 0 aliphatic carbocycles. The van der Waals surface area contributed by atoms with Gasteiger partial charge in [-0.05, 0) is 38.0 Å². The van der Waals surface area contributed by atoms with E-state index in [1.807, 2.05) is 6.07 Å². The fourth-order valence-corrected chi connectivity index (χ4v) is 3.10. The van der Waals surface area contributed by atoms with E-state index in [4.69, 9.17) is 27.9 Å². The van der Waals surface area contributed by atoms with E-state index in [-0.39, 0.29) is 13.0 Å². The van der Waals surface area contributed by atoms with E-state index in [0.29, 0.717) is 11.3 Å². The minimum absolute atomic E-state index is 0.231. The lowest BCUT2D eigenvalue weighted by Crippen LogP contribution is -2.32. The van der Waals surface area contributed by atoms with Crippen LogP contribution in [0.2, 0.25) is 0 Å². The first-order valence-corrected chi connectivity index (χ1v) is 10.9. The number of halogens is 3. The van der Waals surface area contributed by atoms with E-state index in [2.05, 4.69) is 10.3 Å². The van der Waals surface area contributed by atoms with Crippen LogP contribution < -0.4 is 5.32 Å². The number of aliphatic hydroxyl groups is 1. The molecule has 2 N–H and O–H groups in total. The Labute approximate surface area is 197 Å². The SMILES string of the molecule is CC(C)(C)OC(=O)NCc1ccc(-c2ccc([C@@H](O)[C@@H](CF)CC(=O)C(Cl)Cl)cc2)cn1. The summed E-state index contributed by atoms with van der Waals surface area (Å²) in [6.45, 7) is 4.72. The normalized spacial score (nSPS) is 13.5. The molecule has 0 unspecified atom stereocenters. The molecular weight excluding hydrogens is 458 g/mol. The third-order valence-electron chi connectivity index (χ3n) is 4.57. The second-order valence-corrected chi connectivity index (χ2v) is 9.44. The van der Waals surface area contributed by atoms with Crippen LogP contribution in [0.1, 0.15) is 44.6 Å². The third kappa shape index (κ3) is 8.04. The van der Waals surface area contributed by atoms with Gasteiger partial charge in [0.2, 0.25) is 0 Å². The minimum atomic E-state index is -1.24. The van der Waals surface area contributed by atoms with Crippen LogP contribution in [-0.2, 0) is 16.1 Å². The van der Waals surface area contributed by atoms with E-state index >= 15 is 0 Å². The lowest BCUT2D eigenvalue weighted by atomic mass is 9.91. The molecule has 2 atom stereocenters. The summed E-state index contributed by atoms with van der Waals surface area (Å²) in [6.07, 6.45) is -0.260. The van der Waals surface area contributed by atoms with Crippen LogP contribution in [0.4, 0.5) is 9.18 Å². The number of ether oxygens (including phenoxy) is 1. The fourth-order valence-electron chi connectivity index (χ4n) is 2.92. The van der Waals surface area contributed by atoms with Crippen molar-refractivity contribution in [2.45, 2.75) is 50.3 Å². The van der Waals surface area contributed by atoms with Crippen molar-refractivity contribution in [3.63, 3.8) is 0 Å². The van der Waals surface area contributed by atoms with Crippen LogP contribution in [0.15, 0.2) is 42.6 Å². The predicted octanol–water partition coefficient (Wildman–Crippen LogP) is 5.16. The monoisotopic (exact) mass is 484 g/mol. The van der Waals surface area contributed by atoms with Crippen LogP contribution in [0.5, 0.6) is 0 Å². The molecular formula is C23H27Cl2FN2O4. The quantitative estimate of drug-likeness (QED) is 0.480. The van der Waals surface area contributed by atoms with Crippen LogP contribution in [0.25, 0.3) is 11.1 Å². The zero-order valence-electron chi connectivity index (χ0n) is 18.1. The molecule has 174 valence electrons. The fraction of sp³-hybridized carbons (Fsp3) is 0.435. The second-order valence-electron chi connectivity index (χ2n) is 8.35. The van der Waals surface area contributed by atoms with Gasteiger partial charge in [0.05, 0.1) is 25.0 Å². The van der Waals surface area contributed by atoms with Gasteiger partial charge < -0.3 is 15.2 Å². The maximum atomic E-state index is 13.4. The molecule has 0 saturated carbocycles. The highest BCUT2D eigenvalue weighted by Gasteiger charge is 2.26. The minimum Gasteiger partial charge on any atom is -0.444 e. The summed E-state index contributed by atoms with van der Waals surface area (Å²) in [6, 6.07) is 10.5. The van der Waals surface area contributed by atoms with Gasteiger partial charge in [0.1, 0.15) is 5.60 Å². The number of pyridine rings is 1. The van der Waals surface area contributed by atoms with Gasteiger partial charge >= 0.3 is 6.09 Å². The summed E-state index contributed by atoms with van der Waals surface area (Å²) in [5.41, 5.74) is 2.25. The highest BCUT2D eigenvalue weighted by molar-refractivity contribution is 6.53. The van der Waals surface area contributed by atoms with Gasteiger partial charge in [-0.25, -0.2) is 4.79 Å². The van der Waals surface area contributed by atoms with Crippen LogP contribution in [0.3, 0.4) is 0 Å². The van der Waals surface area contributed by atoms with Crippen molar-refractivity contribution in [3.05, 3.63) is 53.9 Å². The molecule has 1 aromatic carbocycles. The first-order valence-electron chi connectivity index (χ1n) is 10.1. The van der Waals surface area contributed by atoms with Crippen molar-refractivity contribution in [2.75, 3.05) is 6.67 Å². The van der Waals surface area contributed by atoms with Crippen LogP contribution in [-0.4, -0.2) is 39.1 Å². The average molecular weight is 485 g/mol. The summed E-state index contributed by atoms with van der Waals surface area (Å²) in [5.74, 6) is -1.45. The van der Waals surface area contributed by atoms with E-state index in [1.54, 1.807) is 57.3 Å². The number of carbonyl (C=O) groups excluding carboxylic acids is 2. The summed E-state index contributed by atoms with van der Waals surface area (Å²) < 4.78 is 18.5. The van der Waals surface area contributed by atoms with E-state index in [0.717, 1.165) is 11.1 Å². The Balaban J connectivity index is 2.00. The van der Waals surface area contributed by atoms with Gasteiger partial charge in [0.15, 0.2) is 10.6 Å². The lowest BCUT2D eigenvalue weighted by Gasteiger charge is -2.20. The molecule has 2 aromatic rings. The number of hydrogen-bond acceptors (Lipinski definition) is 5. The van der Waals surface area contributed by atoms with Crippen molar-refractivity contribution in [1.29, 1.82) is 0 Å². The zero-order valence-corrected chi connectivity index (χ0v) is 19.7. The summed E-state index contributed by atoms with van der Waals surface area (Å²) in [7, 11) is 0. The number of benzene rings is 1. The highest BCUT2D eigenvalue weighted by Crippen LogP contribution is 2.29. The Hall–Kier alpha value is -2.22. The van der Waals surface area contributed by atoms with Gasteiger partial charge in [-0.2, -0.15) is 0 Å². The first kappa shape index (κ1) is 26.0. The molecule has 9 heteroatoms. The molecule has 0 radical (unpaired) electrons. The molecule has 0 bridgehead atoms. The Morgan fingerprint density at radius 3 is 2.25 bits per heavy atom. The molecule has 1 aromatic heterocycles. The molecule has 2 rings (SSSR count). The molecule has 1 heterocycles. The topological polar surface area (TPSA) is 88.5 Å². The summed E-state index contributed by atoms with van der Waals surface area (Å²) in [5, 5.41) is 13.1. The van der Waals surface area contributed by atoms with E-state index in [1.165, 1.54) is 0 Å². The maximum Gasteiger partial charge on any atom is 0.407 e. The van der Waals surface area contributed by atoms with Crippen molar-refractivity contribution < 1.29 is 23.8 Å². The highest BCUT2D eigenvalue weighted by atomic mass is 35.5. The number of aliphatic hydroxyl groups excluding tert-OH is 1. The van der Waals surface area contributed by atoms with Gasteiger partial charge in [-0.3, -0.25) is 14.2 Å². The summed E-state index contributed by atoms with van der Waals surface area (Å²) >= 11 is 11.0. The Morgan fingerprint density at radius 2 is 1.75 bits per heavy atom. The van der Waals surface area contributed by atoms with E-state index in [9.17, 15) is 19.1 Å². The molecule has 0 fully saturated rings. The van der Waals surface area contributed by atoms with E-state index < -0.39 is 41.0 Å². The van der Waals surface area contributed by atoms with Crippen molar-refractivity contribution in [3.8, 4) is 11.1 Å². The maximum absolute atomic E-state index is 13.4. The number of hydrogen-bond donors (Lipinski definition) is 2. The number of carbonyl (C=O) groups is 2. The number of nitrogens with zero attached hydrogens (tertiary/aromatic N) is 1. The van der Waals surface area contributed by atoms with Gasteiger partial charge in [-0.15, -0.1) is 0 Å². The molecule has 1 amide bonds. The number of alkyl carbamates (subject to hydrolysis) is 1. The van der Waals surface area contributed by atoms with Gasteiger partial charge in [0, 0.05) is 24.1 Å². The summed E-state index contributed by atoms with van der Waals surface area (Å²) in [4.78, 5) is 26.5. The number of aromatic nitrogens is 1. The Morgan fingerprint density at radius 1 is 1.12 bits per heavy atom. The number of amides is 1. The Bertz CT molecular complexity index is 900. The van der Waals surface area contributed by atoms with Crippen LogP contribution >= 0.6 is 23.2 Å². The number of Topliss-reactive ketones (excluding diaryl/α,β-unsaturated/α-hetero) is 1. The number of alkyl halides is 3. The lowest BCUT2D eigenvalue weighted by molar-refractivity contribution is -0.119. The third-order valence-corrected chi connectivity index (χ3v) is 5.06. The standard InChI is InChI=1S/C23H27Cl2FN2O4/c1-23(2,3)32-22(31)28-13-18-9-8-16(12-27-18)14-4-6-15(7-5-14)20(30)17(11-26)10-19(29)21(24)25/h4-9,12,17,20-21,30H,10-11,13H2,1-3H3,(H,28,31)/t17-,20-/m1/s1. The van der Waals surface area contributed by atoms with Gasteiger partial charge in [-0.1, -0.05) is 53.5 Å². The average Bonchev–Trinajstić information content (AvgIpc) is 2.74. The molecule has 0 aliphatic rings. The Kier molecular flexibility index (Phi) is 9.43. The first-order chi connectivity index (χ1) is 15.0. The van der Waals surface area contributed by atoms with Crippen molar-refractivity contribution in [2.24, 2.45) is 5.92 Å². The molecule has 0 spiro atoms. The number of nitrogens with one attached hydrogen (secondary N) is 1. The van der Waals surface area contributed by atoms with Gasteiger partial charge in [0.25, 0.3) is 0 Å². The number of ketones is 1. The second kappa shape index (κ2) is 11.6. The van der Waals surface area contributed by atoms with Crippen LogP contribution in [0, 0.1) is 5.92 Å². The smallest absolute Gasteiger partial charge is 0.407 e. The largest absolute Gasteiger partial charge is 0.444 e. The number of rotatable bonds is 9. The molecule has 0 saturated heterocycles. The predicted molar refractivity (Wildman–Crippen MR) is 122 cm³/mol. The molecule has 32 heavy (non-hydrogen) atoms. The molecule has 6 nitrogen and oxygen atoms in total. The van der Waals surface area contributed by atoms with Crippen molar-refractivity contribution in [1.82, 2.24) is 10.3 Å².